The molecule has 0 aliphatic heterocycles. The minimum atomic E-state index is -0.322. The second-order valence-electron chi connectivity index (χ2n) is 12.0. The number of esters is 1. The number of hydrogen-bond acceptors (Lipinski definition) is 5. The third-order valence-corrected chi connectivity index (χ3v) is 9.32. The molecular formula is C35H39N3O3S. The van der Waals surface area contributed by atoms with Gasteiger partial charge in [0.2, 0.25) is 0 Å². The van der Waals surface area contributed by atoms with Crippen LogP contribution in [0.5, 0.6) is 0 Å². The number of thiophene rings is 1. The van der Waals surface area contributed by atoms with Crippen LogP contribution >= 0.6 is 11.3 Å². The zero-order chi connectivity index (χ0) is 30.0. The van der Waals surface area contributed by atoms with E-state index in [0.717, 1.165) is 58.2 Å². The van der Waals surface area contributed by atoms with Crippen molar-refractivity contribution < 1.29 is 14.3 Å². The number of nitrogens with one attached hydrogen (secondary N) is 1. The highest BCUT2D eigenvalue weighted by Gasteiger charge is 2.33. The number of hydrogen-bond donors (Lipinski definition) is 1. The second kappa shape index (κ2) is 12.1. The highest BCUT2D eigenvalue weighted by molar-refractivity contribution is 7.16. The monoisotopic (exact) mass is 581 g/mol. The van der Waals surface area contributed by atoms with E-state index in [-0.39, 0.29) is 17.3 Å². The molecule has 7 heteroatoms. The maximum absolute atomic E-state index is 13.7. The molecule has 1 amide bonds. The van der Waals surface area contributed by atoms with Crippen LogP contribution in [0.25, 0.3) is 5.69 Å². The van der Waals surface area contributed by atoms with E-state index in [1.165, 1.54) is 4.88 Å². The topological polar surface area (TPSA) is 72.7 Å². The highest BCUT2D eigenvalue weighted by Crippen LogP contribution is 2.45. The summed E-state index contributed by atoms with van der Waals surface area (Å²) in [6.45, 7) is 13.2. The third-order valence-electron chi connectivity index (χ3n) is 8.16. The summed E-state index contributed by atoms with van der Waals surface area (Å²) in [5, 5.41) is 3.85. The molecule has 2 aromatic carbocycles. The molecule has 1 atom stereocenters. The van der Waals surface area contributed by atoms with Gasteiger partial charge < -0.3 is 14.6 Å². The number of aromatic nitrogens is 1. The molecule has 0 saturated carbocycles. The summed E-state index contributed by atoms with van der Waals surface area (Å²) in [6.07, 6.45) is 4.81. The minimum absolute atomic E-state index is 0.104. The normalized spacial score (nSPS) is 15.0. The van der Waals surface area contributed by atoms with Crippen molar-refractivity contribution in [3.63, 3.8) is 0 Å². The first-order valence-corrected chi connectivity index (χ1v) is 15.4. The van der Waals surface area contributed by atoms with Crippen LogP contribution in [0.1, 0.15) is 82.2 Å². The summed E-state index contributed by atoms with van der Waals surface area (Å²) in [4.78, 5) is 32.0. The van der Waals surface area contributed by atoms with Crippen molar-refractivity contribution in [2.24, 2.45) is 16.3 Å². The Morgan fingerprint density at radius 1 is 1.10 bits per heavy atom. The molecule has 0 spiro atoms. The fourth-order valence-electron chi connectivity index (χ4n) is 5.76. The van der Waals surface area contributed by atoms with Gasteiger partial charge in [-0.15, -0.1) is 11.3 Å². The number of anilines is 1. The zero-order valence-corrected chi connectivity index (χ0v) is 26.1. The molecule has 2 heterocycles. The first-order valence-electron chi connectivity index (χ1n) is 14.6. The van der Waals surface area contributed by atoms with Crippen molar-refractivity contribution >= 4 is 40.1 Å². The molecule has 0 fully saturated rings. The van der Waals surface area contributed by atoms with E-state index in [1.54, 1.807) is 30.4 Å². The van der Waals surface area contributed by atoms with E-state index in [9.17, 15) is 9.59 Å². The molecule has 218 valence electrons. The standard InChI is InChI=1S/C35H39N3O3S/c1-7-41-34(40)24-13-16-28(17-14-24)38-22(2)19-25(23(38)3)21-36-33-31(32(39)37-27-11-9-8-10-12-27)29-18-15-26(35(4,5)6)20-30(29)42-33/h8-14,16-17,19,21,26H,7,15,18,20H2,1-6H3,(H,37,39)/t26-/m0/s1. The fourth-order valence-corrected chi connectivity index (χ4v) is 7.02. The lowest BCUT2D eigenvalue weighted by Crippen LogP contribution is -2.27. The molecule has 5 rings (SSSR count). The smallest absolute Gasteiger partial charge is 0.338 e. The Kier molecular flexibility index (Phi) is 8.50. The lowest BCUT2D eigenvalue weighted by Gasteiger charge is -2.33. The molecule has 0 saturated heterocycles. The molecule has 0 radical (unpaired) electrons. The number of aliphatic imine (C=N–C) groups is 1. The number of aryl methyl sites for hydroxylation is 1. The van der Waals surface area contributed by atoms with Crippen LogP contribution in [0.4, 0.5) is 10.7 Å². The summed E-state index contributed by atoms with van der Waals surface area (Å²) < 4.78 is 7.27. The van der Waals surface area contributed by atoms with Gasteiger partial charge >= 0.3 is 5.97 Å². The van der Waals surface area contributed by atoms with E-state index >= 15 is 0 Å². The van der Waals surface area contributed by atoms with Crippen LogP contribution < -0.4 is 5.32 Å². The van der Waals surface area contributed by atoms with Gasteiger partial charge in [0.15, 0.2) is 0 Å². The van der Waals surface area contributed by atoms with Gasteiger partial charge in [-0.1, -0.05) is 39.0 Å². The van der Waals surface area contributed by atoms with Crippen molar-refractivity contribution in [2.45, 2.75) is 60.8 Å². The highest BCUT2D eigenvalue weighted by atomic mass is 32.1. The number of ether oxygens (including phenoxy) is 1. The Morgan fingerprint density at radius 2 is 1.81 bits per heavy atom. The van der Waals surface area contributed by atoms with Gasteiger partial charge in [-0.2, -0.15) is 0 Å². The van der Waals surface area contributed by atoms with Crippen LogP contribution in [0, 0.1) is 25.2 Å². The van der Waals surface area contributed by atoms with Crippen LogP contribution in [0.2, 0.25) is 0 Å². The number of carbonyl (C=O) groups excluding carboxylic acids is 2. The van der Waals surface area contributed by atoms with Crippen LogP contribution in [-0.4, -0.2) is 29.3 Å². The molecule has 2 aromatic heterocycles. The van der Waals surface area contributed by atoms with Gasteiger partial charge in [0.25, 0.3) is 5.91 Å². The lowest BCUT2D eigenvalue weighted by molar-refractivity contribution is 0.0526. The summed E-state index contributed by atoms with van der Waals surface area (Å²) in [5.41, 5.74) is 7.39. The number of rotatable bonds is 7. The van der Waals surface area contributed by atoms with Gasteiger partial charge in [-0.05, 0) is 99.4 Å². The van der Waals surface area contributed by atoms with Gasteiger partial charge in [-0.25, -0.2) is 9.79 Å². The van der Waals surface area contributed by atoms with Crippen molar-refractivity contribution in [3.8, 4) is 5.69 Å². The largest absolute Gasteiger partial charge is 0.462 e. The van der Waals surface area contributed by atoms with E-state index in [4.69, 9.17) is 9.73 Å². The van der Waals surface area contributed by atoms with E-state index in [0.29, 0.717) is 23.7 Å². The number of nitrogens with zero attached hydrogens (tertiary/aromatic N) is 2. The van der Waals surface area contributed by atoms with Gasteiger partial charge in [0.05, 0.1) is 17.7 Å². The van der Waals surface area contributed by atoms with Crippen molar-refractivity contribution in [3.05, 3.63) is 99.2 Å². The fraction of sp³-hybridized carbons (Fsp3) is 0.343. The second-order valence-corrected chi connectivity index (χ2v) is 13.1. The van der Waals surface area contributed by atoms with Crippen molar-refractivity contribution in [1.82, 2.24) is 4.57 Å². The van der Waals surface area contributed by atoms with Gasteiger partial charge in [0.1, 0.15) is 5.00 Å². The molecule has 0 unspecified atom stereocenters. The van der Waals surface area contributed by atoms with Crippen LogP contribution in [-0.2, 0) is 17.6 Å². The molecule has 4 aromatic rings. The Balaban J connectivity index is 1.48. The van der Waals surface area contributed by atoms with Gasteiger partial charge in [0, 0.05) is 39.4 Å². The average Bonchev–Trinajstić information content (AvgIpc) is 3.47. The summed E-state index contributed by atoms with van der Waals surface area (Å²) in [5.74, 6) is 0.143. The molecule has 1 aliphatic carbocycles. The van der Waals surface area contributed by atoms with Crippen LogP contribution in [0.3, 0.4) is 0 Å². The maximum atomic E-state index is 13.7. The van der Waals surface area contributed by atoms with Crippen molar-refractivity contribution in [2.75, 3.05) is 11.9 Å². The molecule has 42 heavy (non-hydrogen) atoms. The number of carbonyl (C=O) groups is 2. The average molecular weight is 582 g/mol. The molecular weight excluding hydrogens is 542 g/mol. The first-order chi connectivity index (χ1) is 20.1. The number of fused-ring (bicyclic) bond motifs is 1. The van der Waals surface area contributed by atoms with E-state index < -0.39 is 0 Å². The van der Waals surface area contributed by atoms with Crippen molar-refractivity contribution in [1.29, 1.82) is 0 Å². The first kappa shape index (κ1) is 29.5. The van der Waals surface area contributed by atoms with Gasteiger partial charge in [-0.3, -0.25) is 4.79 Å². The molecule has 1 aliphatic rings. The van der Waals surface area contributed by atoms with E-state index in [2.05, 4.69) is 50.6 Å². The number of amides is 1. The number of benzene rings is 2. The minimum Gasteiger partial charge on any atom is -0.462 e. The third kappa shape index (κ3) is 6.12. The lowest BCUT2D eigenvalue weighted by atomic mass is 9.72. The van der Waals surface area contributed by atoms with E-state index in [1.807, 2.05) is 48.7 Å². The Labute approximate surface area is 252 Å². The zero-order valence-electron chi connectivity index (χ0n) is 25.3. The Bertz CT molecular complexity index is 1620. The molecule has 1 N–H and O–H groups in total. The predicted octanol–water partition coefficient (Wildman–Crippen LogP) is 8.49. The Hall–Kier alpha value is -3.97. The SMILES string of the molecule is CCOC(=O)c1ccc(-n2c(C)cc(C=Nc3sc4c(c3C(=O)Nc3ccccc3)CC[C@H](C(C)(C)C)C4)c2C)cc1. The summed E-state index contributed by atoms with van der Waals surface area (Å²) in [7, 11) is 0. The number of para-hydroxylation sites is 1. The maximum Gasteiger partial charge on any atom is 0.338 e. The molecule has 0 bridgehead atoms. The Morgan fingerprint density at radius 3 is 2.48 bits per heavy atom. The quantitative estimate of drug-likeness (QED) is 0.176. The van der Waals surface area contributed by atoms with Crippen LogP contribution in [0.15, 0.2) is 65.7 Å². The summed E-state index contributed by atoms with van der Waals surface area (Å²) >= 11 is 1.65. The molecule has 6 nitrogen and oxygen atoms in total. The summed E-state index contributed by atoms with van der Waals surface area (Å²) in [6, 6.07) is 19.1. The predicted molar refractivity (Wildman–Crippen MR) is 172 cm³/mol.